The molecule has 7 unspecified atom stereocenters. The van der Waals surface area contributed by atoms with Gasteiger partial charge in [-0.3, -0.25) is 4.79 Å². The number of rotatable bonds is 49. The summed E-state index contributed by atoms with van der Waals surface area (Å²) in [4.78, 5) is 13.0. The summed E-state index contributed by atoms with van der Waals surface area (Å²) in [5.74, 6) is -0.211. The average molecular weight is 1080 g/mol. The fraction of sp³-hybridized carbons (Fsp3) is 0.580. The van der Waals surface area contributed by atoms with E-state index in [1.54, 1.807) is 6.08 Å². The zero-order chi connectivity index (χ0) is 56.5. The lowest BCUT2D eigenvalue weighted by atomic mass is 9.99. The maximum Gasteiger partial charge on any atom is 0.220 e. The standard InChI is InChI=1S/C69H109NO8/c1-3-5-7-9-11-13-15-17-19-20-21-22-23-24-25-26-27-28-29-30-31-32-33-34-35-36-37-38-39-40-41-42-43-44-45-47-49-51-53-55-57-59-65(73)70-62(61-77-69-68(76)67(75)66(74)64(60-71)78-69)63(72)58-56-54-52-50-48-46-18-16-14-12-10-8-6-4-2/h5,7,11,13-14,16-17,19,21-22,24-25,27-28,30-31,33-34,36-37,39-40,42-43,48,50,56,58,62-64,66-69,71-72,74-76H,3-4,6,8-10,12,15,18,20,23,26,29,32,35,38,41,44-47,49,51-55,57,59-61H2,1-2H3,(H,70,73)/b7-5-,13-11-,16-14+,19-17-,22-21-,25-24-,28-27-,31-30-,34-33-,37-36-,40-39-,43-42-,50-48+,58-56+. The van der Waals surface area contributed by atoms with Crippen LogP contribution in [0.5, 0.6) is 0 Å². The Morgan fingerprint density at radius 3 is 1.23 bits per heavy atom. The molecule has 1 saturated heterocycles. The molecule has 438 valence electrons. The number of aliphatic hydroxyl groups is 5. The van der Waals surface area contributed by atoms with Crippen molar-refractivity contribution in [2.45, 2.75) is 243 Å². The summed E-state index contributed by atoms with van der Waals surface area (Å²) in [6, 6.07) is -0.846. The maximum absolute atomic E-state index is 13.0. The predicted octanol–water partition coefficient (Wildman–Crippen LogP) is 15.8. The van der Waals surface area contributed by atoms with E-state index in [1.165, 1.54) is 44.9 Å². The van der Waals surface area contributed by atoms with Crippen molar-refractivity contribution in [2.24, 2.45) is 0 Å². The minimum atomic E-state index is -1.59. The third-order valence-electron chi connectivity index (χ3n) is 13.0. The number of carbonyl (C=O) groups excluding carboxylic acids is 1. The Morgan fingerprint density at radius 1 is 0.449 bits per heavy atom. The highest BCUT2D eigenvalue weighted by Gasteiger charge is 2.44. The van der Waals surface area contributed by atoms with Crippen molar-refractivity contribution in [2.75, 3.05) is 13.2 Å². The number of hydrogen-bond donors (Lipinski definition) is 6. The van der Waals surface area contributed by atoms with Gasteiger partial charge >= 0.3 is 0 Å². The molecule has 9 nitrogen and oxygen atoms in total. The molecule has 1 aliphatic rings. The molecule has 0 bridgehead atoms. The van der Waals surface area contributed by atoms with Crippen LogP contribution >= 0.6 is 0 Å². The first-order valence-corrected chi connectivity index (χ1v) is 30.4. The molecule has 1 heterocycles. The van der Waals surface area contributed by atoms with Gasteiger partial charge in [0.2, 0.25) is 5.91 Å². The second kappa shape index (κ2) is 55.8. The van der Waals surface area contributed by atoms with Crippen molar-refractivity contribution in [3.63, 3.8) is 0 Å². The van der Waals surface area contributed by atoms with Crippen LogP contribution in [0.4, 0.5) is 0 Å². The summed E-state index contributed by atoms with van der Waals surface area (Å²) < 4.78 is 11.2. The Balaban J connectivity index is 2.19. The number of aliphatic hydroxyl groups excluding tert-OH is 5. The van der Waals surface area contributed by atoms with Crippen LogP contribution in [0.15, 0.2) is 170 Å². The van der Waals surface area contributed by atoms with Crippen LogP contribution in [-0.4, -0.2) is 87.5 Å². The van der Waals surface area contributed by atoms with E-state index < -0.39 is 49.5 Å². The van der Waals surface area contributed by atoms with Crippen molar-refractivity contribution in [3.8, 4) is 0 Å². The number of ether oxygens (including phenoxy) is 2. The monoisotopic (exact) mass is 1080 g/mol. The molecule has 78 heavy (non-hydrogen) atoms. The molecule has 9 heteroatoms. The first-order chi connectivity index (χ1) is 38.3. The Hall–Kier alpha value is -4.45. The van der Waals surface area contributed by atoms with Crippen molar-refractivity contribution in [3.05, 3.63) is 170 Å². The highest BCUT2D eigenvalue weighted by atomic mass is 16.7. The zero-order valence-corrected chi connectivity index (χ0v) is 48.6. The Labute approximate surface area is 475 Å². The second-order valence-electron chi connectivity index (χ2n) is 20.0. The average Bonchev–Trinajstić information content (AvgIpc) is 3.46. The summed E-state index contributed by atoms with van der Waals surface area (Å²) in [6.07, 6.45) is 82.8. The lowest BCUT2D eigenvalue weighted by Gasteiger charge is -2.40. The largest absolute Gasteiger partial charge is 0.394 e. The normalized spacial score (nSPS) is 19.9. The lowest BCUT2D eigenvalue weighted by molar-refractivity contribution is -0.302. The van der Waals surface area contributed by atoms with Crippen molar-refractivity contribution < 1.29 is 39.8 Å². The van der Waals surface area contributed by atoms with Crippen molar-refractivity contribution >= 4 is 5.91 Å². The molecule has 1 fully saturated rings. The topological polar surface area (TPSA) is 149 Å². The SMILES string of the molecule is CC/C=C\C/C=C\C/C=C\C/C=C\C/C=C\C/C=C\C/C=C\C/C=C\C/C=C\C/C=C\C/C=C\CCCCCCCCCC(=O)NC(COC1OC(CO)C(O)C(O)C1O)C(O)/C=C/CC/C=C/CC/C=C/CCCCCC. The molecule has 6 N–H and O–H groups in total. The van der Waals surface area contributed by atoms with E-state index in [0.29, 0.717) is 6.42 Å². The van der Waals surface area contributed by atoms with Gasteiger partial charge in [0.25, 0.3) is 0 Å². The number of unbranched alkanes of at least 4 members (excludes halogenated alkanes) is 13. The molecule has 1 aliphatic heterocycles. The Bertz CT molecular complexity index is 1830. The maximum atomic E-state index is 13.0. The van der Waals surface area contributed by atoms with Gasteiger partial charge in [-0.25, -0.2) is 0 Å². The summed E-state index contributed by atoms with van der Waals surface area (Å²) in [5, 5.41) is 54.4. The van der Waals surface area contributed by atoms with Crippen LogP contribution in [0, 0.1) is 0 Å². The van der Waals surface area contributed by atoms with E-state index in [2.05, 4.69) is 177 Å². The van der Waals surface area contributed by atoms with Crippen molar-refractivity contribution in [1.82, 2.24) is 5.32 Å². The number of amides is 1. The first kappa shape index (κ1) is 71.6. The van der Waals surface area contributed by atoms with Gasteiger partial charge in [0.1, 0.15) is 24.4 Å². The number of nitrogens with one attached hydrogen (secondary N) is 1. The van der Waals surface area contributed by atoms with Crippen LogP contribution in [0.1, 0.15) is 200 Å². The first-order valence-electron chi connectivity index (χ1n) is 30.4. The van der Waals surface area contributed by atoms with Gasteiger partial charge in [-0.2, -0.15) is 0 Å². The lowest BCUT2D eigenvalue weighted by Crippen LogP contribution is -2.60. The minimum absolute atomic E-state index is 0.211. The molecule has 0 radical (unpaired) electrons. The highest BCUT2D eigenvalue weighted by molar-refractivity contribution is 5.76. The molecule has 0 aromatic carbocycles. The minimum Gasteiger partial charge on any atom is -0.394 e. The van der Waals surface area contributed by atoms with Gasteiger partial charge in [-0.15, -0.1) is 0 Å². The summed E-state index contributed by atoms with van der Waals surface area (Å²) in [5.41, 5.74) is 0. The number of allylic oxidation sites excluding steroid dienone is 27. The Morgan fingerprint density at radius 2 is 0.808 bits per heavy atom. The van der Waals surface area contributed by atoms with E-state index in [-0.39, 0.29) is 12.5 Å². The molecule has 0 aromatic heterocycles. The van der Waals surface area contributed by atoms with Gasteiger partial charge in [0, 0.05) is 6.42 Å². The molecule has 7 atom stereocenters. The van der Waals surface area contributed by atoms with Crippen LogP contribution in [0.25, 0.3) is 0 Å². The van der Waals surface area contributed by atoms with Gasteiger partial charge in [0.05, 0.1) is 25.4 Å². The summed E-state index contributed by atoms with van der Waals surface area (Å²) >= 11 is 0. The Kier molecular flexibility index (Phi) is 51.2. The van der Waals surface area contributed by atoms with Crippen LogP contribution in [-0.2, 0) is 14.3 Å². The third kappa shape index (κ3) is 44.4. The summed E-state index contributed by atoms with van der Waals surface area (Å²) in [6.45, 7) is 3.59. The van der Waals surface area contributed by atoms with E-state index >= 15 is 0 Å². The fourth-order valence-electron chi connectivity index (χ4n) is 8.25. The number of hydrogen-bond acceptors (Lipinski definition) is 8. The fourth-order valence-corrected chi connectivity index (χ4v) is 8.25. The third-order valence-corrected chi connectivity index (χ3v) is 13.0. The van der Waals surface area contributed by atoms with Crippen LogP contribution < -0.4 is 5.32 Å². The van der Waals surface area contributed by atoms with Gasteiger partial charge < -0.3 is 40.3 Å². The molecule has 0 aliphatic carbocycles. The van der Waals surface area contributed by atoms with Gasteiger partial charge in [-0.05, 0) is 128 Å². The smallest absolute Gasteiger partial charge is 0.220 e. The molecule has 0 saturated carbocycles. The van der Waals surface area contributed by atoms with Gasteiger partial charge in [-0.1, -0.05) is 235 Å². The molecular weight excluding hydrogens is 971 g/mol. The van der Waals surface area contributed by atoms with E-state index in [0.717, 1.165) is 135 Å². The predicted molar refractivity (Wildman–Crippen MR) is 331 cm³/mol. The van der Waals surface area contributed by atoms with Crippen LogP contribution in [0.2, 0.25) is 0 Å². The quantitative estimate of drug-likeness (QED) is 0.0261. The molecule has 1 rings (SSSR count). The highest BCUT2D eigenvalue weighted by Crippen LogP contribution is 2.22. The number of carbonyl (C=O) groups is 1. The zero-order valence-electron chi connectivity index (χ0n) is 48.6. The molecule has 0 aromatic rings. The van der Waals surface area contributed by atoms with Crippen LogP contribution in [0.3, 0.4) is 0 Å². The molecule has 0 spiro atoms. The summed E-state index contributed by atoms with van der Waals surface area (Å²) in [7, 11) is 0. The van der Waals surface area contributed by atoms with E-state index in [9.17, 15) is 30.3 Å². The van der Waals surface area contributed by atoms with Crippen molar-refractivity contribution in [1.29, 1.82) is 0 Å². The van der Waals surface area contributed by atoms with E-state index in [1.807, 2.05) is 6.08 Å². The molecular formula is C69H109NO8. The van der Waals surface area contributed by atoms with Gasteiger partial charge in [0.15, 0.2) is 6.29 Å². The van der Waals surface area contributed by atoms with E-state index in [4.69, 9.17) is 9.47 Å². The second-order valence-corrected chi connectivity index (χ2v) is 20.0. The molecule has 1 amide bonds.